The molecule has 0 aliphatic carbocycles. The number of carbonyl (C=O) groups is 2. The number of ether oxygens (including phenoxy) is 3. The van der Waals surface area contributed by atoms with E-state index in [2.05, 4.69) is 4.74 Å². The summed E-state index contributed by atoms with van der Waals surface area (Å²) in [4.78, 5) is 25.9. The third kappa shape index (κ3) is 6.94. The summed E-state index contributed by atoms with van der Waals surface area (Å²) in [6.45, 7) is 2.12. The zero-order valence-corrected chi connectivity index (χ0v) is 19.8. The number of halogens is 7. The summed E-state index contributed by atoms with van der Waals surface area (Å²) < 4.78 is 105. The largest absolute Gasteiger partial charge is 0.478 e. The van der Waals surface area contributed by atoms with Crippen molar-refractivity contribution < 1.29 is 59.6 Å². The average molecular weight is 546 g/mol. The fourth-order valence-corrected chi connectivity index (χ4v) is 3.70. The second-order valence-electron chi connectivity index (χ2n) is 9.35. The maximum absolute atomic E-state index is 15.1. The Morgan fingerprint density at radius 1 is 1.03 bits per heavy atom. The van der Waals surface area contributed by atoms with Gasteiger partial charge in [0, 0.05) is 32.7 Å². The van der Waals surface area contributed by atoms with Crippen molar-refractivity contribution in [3.63, 3.8) is 0 Å². The molecule has 37 heavy (non-hydrogen) atoms. The van der Waals surface area contributed by atoms with Gasteiger partial charge in [-0.2, -0.15) is 26.3 Å². The molecule has 15 heteroatoms. The molecule has 1 N–H and O–H groups in total. The van der Waals surface area contributed by atoms with Gasteiger partial charge in [-0.3, -0.25) is 4.90 Å². The van der Waals surface area contributed by atoms with E-state index in [4.69, 9.17) is 9.47 Å². The molecule has 2 heterocycles. The number of carboxylic acid groups (broad SMARTS) is 1. The van der Waals surface area contributed by atoms with Crippen molar-refractivity contribution in [2.45, 2.75) is 50.1 Å². The summed E-state index contributed by atoms with van der Waals surface area (Å²) in [6, 6.07) is 4.43. The molecule has 2 aliphatic rings. The first kappa shape index (κ1) is 28.8. The minimum atomic E-state index is -5.81. The molecule has 0 bridgehead atoms. The smallest absolute Gasteiger partial charge is 0.434 e. The lowest BCUT2D eigenvalue weighted by molar-refractivity contribution is -0.308. The molecule has 0 saturated carbocycles. The van der Waals surface area contributed by atoms with Gasteiger partial charge in [0.1, 0.15) is 5.75 Å². The lowest BCUT2D eigenvalue weighted by atomic mass is 9.92. The number of rotatable bonds is 7. The van der Waals surface area contributed by atoms with Crippen molar-refractivity contribution in [1.82, 2.24) is 9.80 Å². The molecule has 2 saturated heterocycles. The molecule has 1 aromatic carbocycles. The topological polar surface area (TPSA) is 88.5 Å². The summed E-state index contributed by atoms with van der Waals surface area (Å²) >= 11 is 0. The normalized spacial score (nSPS) is 18.9. The summed E-state index contributed by atoms with van der Waals surface area (Å²) in [7, 11) is 0. The number of carbonyl (C=O) groups excluding carboxylic acids is 1. The summed E-state index contributed by atoms with van der Waals surface area (Å²) in [5.74, 6) is -1.15. The molecular formula is C22H25F7N2O6. The van der Waals surface area contributed by atoms with Gasteiger partial charge < -0.3 is 24.2 Å². The van der Waals surface area contributed by atoms with Gasteiger partial charge in [-0.15, -0.1) is 0 Å². The van der Waals surface area contributed by atoms with Crippen LogP contribution in [0.3, 0.4) is 0 Å². The van der Waals surface area contributed by atoms with E-state index in [0.29, 0.717) is 5.56 Å². The van der Waals surface area contributed by atoms with Crippen molar-refractivity contribution in [2.75, 3.05) is 39.4 Å². The summed E-state index contributed by atoms with van der Waals surface area (Å²) in [5, 5.41) is 9.34. The van der Waals surface area contributed by atoms with E-state index < -0.39 is 41.8 Å². The van der Waals surface area contributed by atoms with E-state index in [1.165, 1.54) is 26.0 Å². The molecule has 0 spiro atoms. The van der Waals surface area contributed by atoms with Crippen LogP contribution in [0.5, 0.6) is 5.75 Å². The molecule has 0 unspecified atom stereocenters. The Labute approximate surface area is 206 Å². The molecule has 2 fully saturated rings. The van der Waals surface area contributed by atoms with Gasteiger partial charge in [-0.25, -0.2) is 14.0 Å². The van der Waals surface area contributed by atoms with Gasteiger partial charge in [0.2, 0.25) is 0 Å². The Bertz CT molecular complexity index is 988. The van der Waals surface area contributed by atoms with Crippen molar-refractivity contribution in [2.24, 2.45) is 0 Å². The molecule has 3 rings (SSSR count). The number of piperazine rings is 1. The quantitative estimate of drug-likeness (QED) is 0.520. The average Bonchev–Trinajstić information content (AvgIpc) is 2.74. The minimum Gasteiger partial charge on any atom is -0.478 e. The number of nitrogens with zero attached hydrogens (tertiary/aromatic N) is 2. The van der Waals surface area contributed by atoms with Crippen LogP contribution in [0.25, 0.3) is 0 Å². The minimum absolute atomic E-state index is 0.0721. The number of hydrogen-bond acceptors (Lipinski definition) is 6. The third-order valence-electron chi connectivity index (χ3n) is 5.88. The van der Waals surface area contributed by atoms with Crippen LogP contribution in [-0.2, 0) is 26.5 Å². The molecule has 8 nitrogen and oxygen atoms in total. The van der Waals surface area contributed by atoms with Gasteiger partial charge in [-0.05, 0) is 37.1 Å². The Hall–Kier alpha value is -2.81. The van der Waals surface area contributed by atoms with Crippen molar-refractivity contribution in [3.8, 4) is 5.75 Å². The van der Waals surface area contributed by atoms with Crippen molar-refractivity contribution in [3.05, 3.63) is 29.3 Å². The van der Waals surface area contributed by atoms with Crippen LogP contribution in [0.1, 0.15) is 25.0 Å². The second-order valence-corrected chi connectivity index (χ2v) is 9.35. The molecule has 0 aromatic heterocycles. The Balaban J connectivity index is 1.68. The molecule has 1 amide bonds. The zero-order valence-electron chi connectivity index (χ0n) is 19.8. The molecule has 0 radical (unpaired) electrons. The van der Waals surface area contributed by atoms with Crippen LogP contribution in [0, 0.1) is 0 Å². The van der Waals surface area contributed by atoms with E-state index >= 15 is 4.39 Å². The highest BCUT2D eigenvalue weighted by atomic mass is 19.4. The maximum Gasteiger partial charge on any atom is 0.434 e. The van der Waals surface area contributed by atoms with Gasteiger partial charge in [0.15, 0.2) is 11.3 Å². The summed E-state index contributed by atoms with van der Waals surface area (Å²) in [6.07, 6.45) is -17.6. The van der Waals surface area contributed by atoms with E-state index in [9.17, 15) is 41.0 Å². The molecule has 1 aromatic rings. The maximum atomic E-state index is 15.1. The van der Waals surface area contributed by atoms with Crippen molar-refractivity contribution in [1.29, 1.82) is 0 Å². The second kappa shape index (κ2) is 10.2. The first-order chi connectivity index (χ1) is 16.9. The highest BCUT2D eigenvalue weighted by Gasteiger charge is 2.60. The Kier molecular flexibility index (Phi) is 7.89. The van der Waals surface area contributed by atoms with Crippen LogP contribution in [0.2, 0.25) is 0 Å². The van der Waals surface area contributed by atoms with Gasteiger partial charge in [-0.1, -0.05) is 6.07 Å². The molecule has 0 atom stereocenters. The first-order valence-corrected chi connectivity index (χ1v) is 11.1. The highest BCUT2D eigenvalue weighted by molar-refractivity contribution is 5.76. The fraction of sp³-hybridized carbons (Fsp3) is 0.636. The van der Waals surface area contributed by atoms with E-state index in [1.54, 1.807) is 11.0 Å². The predicted molar refractivity (Wildman–Crippen MR) is 112 cm³/mol. The standard InChI is InChI=1S/C22H25F7N2O6/c1-19(2,17(32)33)37-15-8-13(7-14(9-15)20(23)11-35-12-20)10-30-3-5-31(6-4-30)18(34)36-16(21(24,25)26)22(27,28)29/h7-9,16H,3-6,10-12H2,1-2H3,(H,32,33). The predicted octanol–water partition coefficient (Wildman–Crippen LogP) is 3.87. The summed E-state index contributed by atoms with van der Waals surface area (Å²) in [5.41, 5.74) is -2.69. The first-order valence-electron chi connectivity index (χ1n) is 11.1. The van der Waals surface area contributed by atoms with Crippen LogP contribution in [-0.4, -0.2) is 90.4 Å². The molecule has 2 aliphatic heterocycles. The monoisotopic (exact) mass is 546 g/mol. The van der Waals surface area contributed by atoms with Gasteiger partial charge in [0.05, 0.1) is 13.2 Å². The SMILES string of the molecule is CC(C)(Oc1cc(CN2CCN(C(=O)OC(C(F)(F)F)C(F)(F)F)CC2)cc(C2(F)COC2)c1)C(=O)O. The number of hydrogen-bond donors (Lipinski definition) is 1. The highest BCUT2D eigenvalue weighted by Crippen LogP contribution is 2.38. The number of carboxylic acids is 1. The van der Waals surface area contributed by atoms with Crippen LogP contribution in [0.15, 0.2) is 18.2 Å². The van der Waals surface area contributed by atoms with Crippen LogP contribution < -0.4 is 4.74 Å². The number of benzene rings is 1. The number of alkyl halides is 7. The Morgan fingerprint density at radius 2 is 1.59 bits per heavy atom. The number of amides is 1. The Morgan fingerprint density at radius 3 is 2.05 bits per heavy atom. The van der Waals surface area contributed by atoms with Crippen LogP contribution in [0.4, 0.5) is 35.5 Å². The van der Waals surface area contributed by atoms with E-state index in [1.807, 2.05) is 0 Å². The fourth-order valence-electron chi connectivity index (χ4n) is 3.70. The van der Waals surface area contributed by atoms with E-state index in [-0.39, 0.29) is 57.3 Å². The van der Waals surface area contributed by atoms with Crippen molar-refractivity contribution >= 4 is 12.1 Å². The number of aliphatic carboxylic acids is 1. The van der Waals surface area contributed by atoms with Crippen LogP contribution >= 0.6 is 0 Å². The lowest BCUT2D eigenvalue weighted by Gasteiger charge is -2.36. The van der Waals surface area contributed by atoms with Gasteiger partial charge in [0.25, 0.3) is 6.10 Å². The lowest BCUT2D eigenvalue weighted by Crippen LogP contribution is -2.52. The molecule has 208 valence electrons. The third-order valence-corrected chi connectivity index (χ3v) is 5.88. The molecular weight excluding hydrogens is 521 g/mol. The van der Waals surface area contributed by atoms with E-state index in [0.717, 1.165) is 4.90 Å². The zero-order chi connectivity index (χ0) is 27.8. The van der Waals surface area contributed by atoms with Gasteiger partial charge >= 0.3 is 24.4 Å².